The minimum Gasteiger partial charge on any atom is -0.489 e. The Kier molecular flexibility index (Phi) is 9.03. The fraction of sp³-hybridized carbons (Fsp3) is 0.333. The zero-order chi connectivity index (χ0) is 17.2. The molecule has 2 aromatic carbocycles. The van der Waals surface area contributed by atoms with Crippen LogP contribution in [0.3, 0.4) is 0 Å². The minimum absolute atomic E-state index is 0.230. The molecule has 0 heterocycles. The van der Waals surface area contributed by atoms with Crippen LogP contribution in [-0.2, 0) is 13.0 Å². The van der Waals surface area contributed by atoms with Crippen molar-refractivity contribution in [3.05, 3.63) is 63.6 Å². The molecule has 3 N–H and O–H groups in total. The number of aryl methyl sites for hydroxylation is 1. The maximum absolute atomic E-state index is 9.04. The molecule has 0 radical (unpaired) electrons. The Morgan fingerprint density at radius 2 is 1.87 bits per heavy atom. The molecule has 0 fully saturated rings. The number of hydrogen-bond donors (Lipinski definition) is 2. The first-order chi connectivity index (χ1) is 11.0. The largest absolute Gasteiger partial charge is 0.489 e. The Labute approximate surface area is 148 Å². The zero-order valence-electron chi connectivity index (χ0n) is 13.4. The fourth-order valence-electron chi connectivity index (χ4n) is 1.75. The van der Waals surface area contributed by atoms with Gasteiger partial charge in [0.05, 0.1) is 11.1 Å². The minimum atomic E-state index is -0.507. The first-order valence-corrected chi connectivity index (χ1v) is 8.25. The van der Waals surface area contributed by atoms with Gasteiger partial charge in [-0.05, 0) is 48.7 Å². The average Bonchev–Trinajstić information content (AvgIpc) is 2.54. The highest BCUT2D eigenvalue weighted by atomic mass is 35.5. The van der Waals surface area contributed by atoms with Crippen molar-refractivity contribution in [1.82, 2.24) is 0 Å². The molecule has 23 heavy (non-hydrogen) atoms. The number of hydrogen-bond acceptors (Lipinski definition) is 3. The molecule has 1 atom stereocenters. The highest BCUT2D eigenvalue weighted by Crippen LogP contribution is 2.25. The van der Waals surface area contributed by atoms with Crippen molar-refractivity contribution in [3.8, 4) is 5.75 Å². The quantitative estimate of drug-likeness (QED) is 0.832. The summed E-state index contributed by atoms with van der Waals surface area (Å²) in [4.78, 5) is 0. The third-order valence-corrected chi connectivity index (χ3v) is 3.56. The molecular weight excluding hydrogens is 333 g/mol. The van der Waals surface area contributed by atoms with Crippen LogP contribution in [0, 0.1) is 0 Å². The molecule has 3 nitrogen and oxygen atoms in total. The van der Waals surface area contributed by atoms with Crippen LogP contribution in [0.5, 0.6) is 5.75 Å². The van der Waals surface area contributed by atoms with E-state index >= 15 is 0 Å². The summed E-state index contributed by atoms with van der Waals surface area (Å²) in [5, 5.41) is 10.4. The second-order valence-corrected chi connectivity index (χ2v) is 5.96. The van der Waals surface area contributed by atoms with Crippen molar-refractivity contribution in [2.45, 2.75) is 32.9 Å². The maximum Gasteiger partial charge on any atom is 0.138 e. The average molecular weight is 356 g/mol. The van der Waals surface area contributed by atoms with Gasteiger partial charge in [0.1, 0.15) is 12.4 Å². The molecule has 0 saturated heterocycles. The van der Waals surface area contributed by atoms with Crippen molar-refractivity contribution in [3.63, 3.8) is 0 Å². The molecule has 2 rings (SSSR count). The molecule has 5 heteroatoms. The van der Waals surface area contributed by atoms with Gasteiger partial charge in [-0.2, -0.15) is 0 Å². The Morgan fingerprint density at radius 3 is 2.39 bits per heavy atom. The van der Waals surface area contributed by atoms with Gasteiger partial charge in [0.25, 0.3) is 0 Å². The first-order valence-electron chi connectivity index (χ1n) is 7.50. The van der Waals surface area contributed by atoms with Crippen LogP contribution in [0.25, 0.3) is 0 Å². The summed E-state index contributed by atoms with van der Waals surface area (Å²) in [6, 6.07) is 13.3. The molecule has 0 aromatic heterocycles. The van der Waals surface area contributed by atoms with Gasteiger partial charge < -0.3 is 15.6 Å². The van der Waals surface area contributed by atoms with E-state index in [9.17, 15) is 0 Å². The Balaban J connectivity index is 0.000000253. The predicted octanol–water partition coefficient (Wildman–Crippen LogP) is 4.46. The number of halogens is 2. The molecule has 0 aliphatic carbocycles. The SMILES string of the molecule is CC(O)COc1cc(CN)ccc1Cl.CCc1cccc(Cl)c1. The Hall–Kier alpha value is -1.26. The van der Waals surface area contributed by atoms with E-state index in [4.69, 9.17) is 38.8 Å². The lowest BCUT2D eigenvalue weighted by atomic mass is 10.2. The first kappa shape index (κ1) is 19.8. The second kappa shape index (κ2) is 10.5. The van der Waals surface area contributed by atoms with E-state index in [1.165, 1.54) is 5.56 Å². The number of rotatable bonds is 5. The van der Waals surface area contributed by atoms with Gasteiger partial charge in [-0.3, -0.25) is 0 Å². The van der Waals surface area contributed by atoms with Crippen LogP contribution in [0.1, 0.15) is 25.0 Å². The van der Waals surface area contributed by atoms with Crippen LogP contribution < -0.4 is 10.5 Å². The summed E-state index contributed by atoms with van der Waals surface area (Å²) in [5.74, 6) is 0.565. The second-order valence-electron chi connectivity index (χ2n) is 5.11. The summed E-state index contributed by atoms with van der Waals surface area (Å²) in [5.41, 5.74) is 7.72. The van der Waals surface area contributed by atoms with Crippen LogP contribution in [0.4, 0.5) is 0 Å². The summed E-state index contributed by atoms with van der Waals surface area (Å²) in [6.07, 6.45) is 0.549. The van der Waals surface area contributed by atoms with E-state index in [0.29, 0.717) is 17.3 Å². The lowest BCUT2D eigenvalue weighted by Gasteiger charge is -2.10. The van der Waals surface area contributed by atoms with Gasteiger partial charge in [-0.15, -0.1) is 0 Å². The van der Waals surface area contributed by atoms with Crippen molar-refractivity contribution in [2.24, 2.45) is 5.73 Å². The molecule has 0 aliphatic heterocycles. The molecule has 0 aliphatic rings. The van der Waals surface area contributed by atoms with Crippen LogP contribution in [0.15, 0.2) is 42.5 Å². The number of aliphatic hydroxyl groups is 1. The van der Waals surface area contributed by atoms with E-state index in [2.05, 4.69) is 13.0 Å². The van der Waals surface area contributed by atoms with E-state index in [1.807, 2.05) is 24.3 Å². The van der Waals surface area contributed by atoms with Gasteiger partial charge in [0.15, 0.2) is 0 Å². The molecule has 0 amide bonds. The number of nitrogens with two attached hydrogens (primary N) is 1. The van der Waals surface area contributed by atoms with Crippen molar-refractivity contribution in [2.75, 3.05) is 6.61 Å². The molecule has 0 saturated carbocycles. The van der Waals surface area contributed by atoms with Crippen molar-refractivity contribution < 1.29 is 9.84 Å². The van der Waals surface area contributed by atoms with E-state index in [0.717, 1.165) is 17.0 Å². The smallest absolute Gasteiger partial charge is 0.138 e. The molecule has 126 valence electrons. The highest BCUT2D eigenvalue weighted by molar-refractivity contribution is 6.32. The summed E-state index contributed by atoms with van der Waals surface area (Å²) in [7, 11) is 0. The fourth-order valence-corrected chi connectivity index (χ4v) is 2.14. The Morgan fingerprint density at radius 1 is 1.13 bits per heavy atom. The summed E-state index contributed by atoms with van der Waals surface area (Å²) >= 11 is 11.6. The zero-order valence-corrected chi connectivity index (χ0v) is 14.9. The third-order valence-electron chi connectivity index (χ3n) is 3.01. The number of ether oxygens (including phenoxy) is 1. The Bertz CT molecular complexity index is 603. The standard InChI is InChI=1S/C10H14ClNO2.C8H9Cl/c1-7(13)6-14-10-4-8(5-12)2-3-9(10)11;1-2-7-4-3-5-8(9)6-7/h2-4,7,13H,5-6,12H2,1H3;3-6H,2H2,1H3. The maximum atomic E-state index is 9.04. The van der Waals surface area contributed by atoms with E-state index in [-0.39, 0.29) is 6.61 Å². The predicted molar refractivity (Wildman–Crippen MR) is 97.3 cm³/mol. The summed E-state index contributed by atoms with van der Waals surface area (Å²) < 4.78 is 5.30. The highest BCUT2D eigenvalue weighted by Gasteiger charge is 2.04. The monoisotopic (exact) mass is 355 g/mol. The molecule has 0 spiro atoms. The van der Waals surface area contributed by atoms with Crippen LogP contribution in [0.2, 0.25) is 10.0 Å². The molecule has 0 bridgehead atoms. The van der Waals surface area contributed by atoms with Gasteiger partial charge >= 0.3 is 0 Å². The van der Waals surface area contributed by atoms with Gasteiger partial charge in [-0.1, -0.05) is 48.3 Å². The van der Waals surface area contributed by atoms with Crippen LogP contribution in [-0.4, -0.2) is 17.8 Å². The van der Waals surface area contributed by atoms with Gasteiger partial charge in [0.2, 0.25) is 0 Å². The van der Waals surface area contributed by atoms with Gasteiger partial charge in [-0.25, -0.2) is 0 Å². The third kappa shape index (κ3) is 7.71. The lowest BCUT2D eigenvalue weighted by Crippen LogP contribution is -2.13. The van der Waals surface area contributed by atoms with Crippen molar-refractivity contribution >= 4 is 23.2 Å². The van der Waals surface area contributed by atoms with Crippen LogP contribution >= 0.6 is 23.2 Å². The molecular formula is C18H23Cl2NO2. The topological polar surface area (TPSA) is 55.5 Å². The van der Waals surface area contributed by atoms with Gasteiger partial charge in [0, 0.05) is 11.6 Å². The summed E-state index contributed by atoms with van der Waals surface area (Å²) in [6.45, 7) is 4.45. The van der Waals surface area contributed by atoms with E-state index < -0.39 is 6.10 Å². The lowest BCUT2D eigenvalue weighted by molar-refractivity contribution is 0.123. The number of benzene rings is 2. The van der Waals surface area contributed by atoms with Crippen molar-refractivity contribution in [1.29, 1.82) is 0 Å². The molecule has 2 aromatic rings. The van der Waals surface area contributed by atoms with E-state index in [1.54, 1.807) is 19.1 Å². The normalized spacial score (nSPS) is 11.4. The number of aliphatic hydroxyl groups excluding tert-OH is 1. The molecule has 1 unspecified atom stereocenters.